The minimum Gasteiger partial charge on any atom is -0.338 e. The van der Waals surface area contributed by atoms with Gasteiger partial charge in [-0.15, -0.1) is 0 Å². The first kappa shape index (κ1) is 42.4. The molecule has 2 heteroatoms. The number of benzene rings is 8. The van der Waals surface area contributed by atoms with Gasteiger partial charge in [0.05, 0.1) is 6.04 Å². The summed E-state index contributed by atoms with van der Waals surface area (Å²) in [4.78, 5) is 5.08. The van der Waals surface area contributed by atoms with Gasteiger partial charge in [0.15, 0.2) is 0 Å². The summed E-state index contributed by atoms with van der Waals surface area (Å²) in [6.07, 6.45) is 20.1. The van der Waals surface area contributed by atoms with Crippen LogP contribution in [0.2, 0.25) is 0 Å². The second-order valence-electron chi connectivity index (χ2n) is 17.9. The summed E-state index contributed by atoms with van der Waals surface area (Å²) < 4.78 is 0. The highest BCUT2D eigenvalue weighted by molar-refractivity contribution is 5.86. The molecule has 0 N–H and O–H groups in total. The fourth-order valence-electron chi connectivity index (χ4n) is 10.4. The summed E-state index contributed by atoms with van der Waals surface area (Å²) in [5.41, 5.74) is 20.1. The van der Waals surface area contributed by atoms with Gasteiger partial charge in [0.2, 0.25) is 0 Å². The van der Waals surface area contributed by atoms with Crippen LogP contribution in [0.25, 0.3) is 39.0 Å². The van der Waals surface area contributed by atoms with E-state index in [1.807, 2.05) is 0 Å². The van der Waals surface area contributed by atoms with Gasteiger partial charge in [-0.3, -0.25) is 0 Å². The summed E-state index contributed by atoms with van der Waals surface area (Å²) >= 11 is 0. The van der Waals surface area contributed by atoms with Crippen molar-refractivity contribution in [3.63, 3.8) is 0 Å². The van der Waals surface area contributed by atoms with Gasteiger partial charge >= 0.3 is 0 Å². The molecule has 0 saturated heterocycles. The largest absolute Gasteiger partial charge is 0.338 e. The van der Waals surface area contributed by atoms with Crippen LogP contribution in [0.1, 0.15) is 42.7 Å². The number of anilines is 3. The van der Waals surface area contributed by atoms with Gasteiger partial charge in [0.1, 0.15) is 0 Å². The van der Waals surface area contributed by atoms with Crippen molar-refractivity contribution in [1.82, 2.24) is 0 Å². The van der Waals surface area contributed by atoms with Crippen LogP contribution in [0.5, 0.6) is 0 Å². The number of hydrogen-bond donors (Lipinski definition) is 0. The molecule has 11 rings (SSSR count). The highest BCUT2D eigenvalue weighted by Crippen LogP contribution is 2.49. The topological polar surface area (TPSA) is 6.48 Å². The Morgan fingerprint density at radius 2 is 0.838 bits per heavy atom. The molecular weight excluding hydrogens is 821 g/mol. The van der Waals surface area contributed by atoms with Gasteiger partial charge in [-0.2, -0.15) is 0 Å². The van der Waals surface area contributed by atoms with Crippen LogP contribution in [0.3, 0.4) is 0 Å². The lowest BCUT2D eigenvalue weighted by Crippen LogP contribution is -2.34. The van der Waals surface area contributed by atoms with Crippen molar-refractivity contribution in [3.8, 4) is 33.4 Å². The van der Waals surface area contributed by atoms with Crippen LogP contribution in [-0.2, 0) is 0 Å². The highest BCUT2D eigenvalue weighted by Gasteiger charge is 2.33. The first-order valence-corrected chi connectivity index (χ1v) is 24.1. The van der Waals surface area contributed by atoms with E-state index in [2.05, 4.69) is 277 Å². The monoisotopic (exact) mass is 874 g/mol. The zero-order chi connectivity index (χ0) is 45.5. The van der Waals surface area contributed by atoms with Gasteiger partial charge in [-0.1, -0.05) is 218 Å². The Labute approximate surface area is 402 Å². The molecule has 0 radical (unpaired) electrons. The molecule has 0 bridgehead atoms. The normalized spacial score (nSPS) is 16.7. The van der Waals surface area contributed by atoms with E-state index in [4.69, 9.17) is 0 Å². The second kappa shape index (κ2) is 19.7. The third-order valence-electron chi connectivity index (χ3n) is 13.7. The fraction of sp³-hybridized carbons (Fsp3) is 0.0909. The summed E-state index contributed by atoms with van der Waals surface area (Å²) in [7, 11) is 0. The predicted octanol–water partition coefficient (Wildman–Crippen LogP) is 17.3. The van der Waals surface area contributed by atoms with Crippen LogP contribution < -0.4 is 9.80 Å². The Kier molecular flexibility index (Phi) is 12.3. The lowest BCUT2D eigenvalue weighted by atomic mass is 9.73. The first-order valence-electron chi connectivity index (χ1n) is 24.1. The third-order valence-corrected chi connectivity index (χ3v) is 13.7. The minimum absolute atomic E-state index is 0.121. The second-order valence-corrected chi connectivity index (χ2v) is 17.9. The lowest BCUT2D eigenvalue weighted by molar-refractivity contribution is 0.703. The van der Waals surface area contributed by atoms with Crippen molar-refractivity contribution in [2.45, 2.75) is 37.6 Å². The van der Waals surface area contributed by atoms with E-state index >= 15 is 0 Å². The molecule has 0 spiro atoms. The van der Waals surface area contributed by atoms with Gasteiger partial charge in [0, 0.05) is 34.4 Å². The molecule has 0 fully saturated rings. The molecule has 2 unspecified atom stereocenters. The molecule has 2 atom stereocenters. The Balaban J connectivity index is 1.04. The molecule has 0 saturated carbocycles. The Bertz CT molecular complexity index is 3080. The lowest BCUT2D eigenvalue weighted by Gasteiger charge is -2.38. The molecule has 0 aromatic heterocycles. The Hall–Kier alpha value is -8.20. The van der Waals surface area contributed by atoms with E-state index in [1.54, 1.807) is 0 Å². The first-order chi connectivity index (χ1) is 33.7. The zero-order valence-corrected chi connectivity index (χ0v) is 38.3. The van der Waals surface area contributed by atoms with Gasteiger partial charge in [-0.05, 0) is 135 Å². The maximum atomic E-state index is 2.58. The van der Waals surface area contributed by atoms with Crippen molar-refractivity contribution in [2.24, 2.45) is 0 Å². The summed E-state index contributed by atoms with van der Waals surface area (Å²) in [5.74, 6) is 0.121. The Morgan fingerprint density at radius 1 is 0.382 bits per heavy atom. The van der Waals surface area contributed by atoms with Crippen LogP contribution in [0.4, 0.5) is 17.1 Å². The molecule has 3 aliphatic carbocycles. The molecule has 3 aliphatic rings. The minimum atomic E-state index is 0.121. The Morgan fingerprint density at radius 3 is 1.29 bits per heavy atom. The van der Waals surface area contributed by atoms with Crippen LogP contribution in [0.15, 0.2) is 290 Å². The molecule has 8 aromatic carbocycles. The van der Waals surface area contributed by atoms with E-state index in [9.17, 15) is 0 Å². The number of hydrogen-bond acceptors (Lipinski definition) is 2. The van der Waals surface area contributed by atoms with Gasteiger partial charge in [0.25, 0.3) is 0 Å². The standard InChI is InChI=1S/C66H54N2/c1-7-19-49(20-8-1)52-31-39-59(40-32-52)67(58-29-17-6-18-30-58)60-45-37-57(38-46-60)66-64(55-25-13-4-14-26-55)47-63(48-65(66)56-27-15-5-16-28-56)68(61-41-33-53(34-42-61)50-21-9-2-10-22-50)62-43-35-54(36-44-62)51-23-11-3-12-24-51/h1-29,31-37,39-45,47,58,65H,30,38,46,48H2. The molecule has 328 valence electrons. The molecule has 0 heterocycles. The van der Waals surface area contributed by atoms with Crippen molar-refractivity contribution in [3.05, 3.63) is 301 Å². The SMILES string of the molecule is C1=CCC(N(C2=CC=C(C3=C(c4ccccc4)C=C(N(c4ccc(-c5ccccc5)cc4)c4ccc(-c5ccccc5)cc4)CC3c3ccccc3)CC2)c2ccc(-c3ccccc3)cc2)C=C1. The van der Waals surface area contributed by atoms with Crippen molar-refractivity contribution < 1.29 is 0 Å². The summed E-state index contributed by atoms with van der Waals surface area (Å²) in [6.45, 7) is 0. The molecule has 2 nitrogen and oxygen atoms in total. The van der Waals surface area contributed by atoms with E-state index in [-0.39, 0.29) is 12.0 Å². The van der Waals surface area contributed by atoms with Gasteiger partial charge < -0.3 is 9.80 Å². The maximum Gasteiger partial charge on any atom is 0.0556 e. The third kappa shape index (κ3) is 9.02. The van der Waals surface area contributed by atoms with Crippen molar-refractivity contribution >= 4 is 22.6 Å². The molecule has 68 heavy (non-hydrogen) atoms. The van der Waals surface area contributed by atoms with Crippen molar-refractivity contribution in [2.75, 3.05) is 9.80 Å². The smallest absolute Gasteiger partial charge is 0.0556 e. The highest BCUT2D eigenvalue weighted by atomic mass is 15.2. The fourth-order valence-corrected chi connectivity index (χ4v) is 10.4. The maximum absolute atomic E-state index is 2.58. The van der Waals surface area contributed by atoms with Crippen LogP contribution >= 0.6 is 0 Å². The predicted molar refractivity (Wildman–Crippen MR) is 288 cm³/mol. The molecule has 8 aromatic rings. The van der Waals surface area contributed by atoms with Crippen molar-refractivity contribution in [1.29, 1.82) is 0 Å². The summed E-state index contributed by atoms with van der Waals surface area (Å²) in [6, 6.07) is 82.0. The average Bonchev–Trinajstić information content (AvgIpc) is 3.43. The van der Waals surface area contributed by atoms with E-state index in [0.717, 1.165) is 37.1 Å². The number of nitrogens with zero attached hydrogens (tertiary/aromatic N) is 2. The summed E-state index contributed by atoms with van der Waals surface area (Å²) in [5, 5.41) is 0. The number of allylic oxidation sites excluding steroid dienone is 10. The average molecular weight is 875 g/mol. The van der Waals surface area contributed by atoms with E-state index < -0.39 is 0 Å². The van der Waals surface area contributed by atoms with Crippen LogP contribution in [-0.4, -0.2) is 6.04 Å². The molecule has 0 aliphatic heterocycles. The molecular formula is C66H54N2. The van der Waals surface area contributed by atoms with E-state index in [1.165, 1.54) is 78.3 Å². The van der Waals surface area contributed by atoms with Gasteiger partial charge in [-0.25, -0.2) is 0 Å². The number of rotatable bonds is 12. The van der Waals surface area contributed by atoms with Crippen LogP contribution in [0, 0.1) is 0 Å². The quantitative estimate of drug-likeness (QED) is 0.121. The van der Waals surface area contributed by atoms with E-state index in [0.29, 0.717) is 0 Å². The molecule has 0 amide bonds. The zero-order valence-electron chi connectivity index (χ0n) is 38.3.